The molecule has 1 saturated heterocycles. The lowest BCUT2D eigenvalue weighted by atomic mass is 9.77. The van der Waals surface area contributed by atoms with Gasteiger partial charge < -0.3 is 9.84 Å². The lowest BCUT2D eigenvalue weighted by molar-refractivity contribution is -0.151. The van der Waals surface area contributed by atoms with E-state index in [9.17, 15) is 14.7 Å². The van der Waals surface area contributed by atoms with Crippen molar-refractivity contribution >= 4 is 22.5 Å². The van der Waals surface area contributed by atoms with E-state index in [4.69, 9.17) is 4.74 Å². The van der Waals surface area contributed by atoms with Crippen LogP contribution in [-0.2, 0) is 19.9 Å². The molecule has 0 unspecified atom stereocenters. The summed E-state index contributed by atoms with van der Waals surface area (Å²) in [5.74, 6) is -1.76. The molecular weight excluding hydrogens is 510 g/mol. The Morgan fingerprint density at radius 3 is 2.07 bits per heavy atom. The van der Waals surface area contributed by atoms with Gasteiger partial charge in [0.15, 0.2) is 5.78 Å². The number of aliphatic hydroxyl groups excluding tert-OH is 1. The van der Waals surface area contributed by atoms with E-state index in [-0.39, 0.29) is 12.3 Å². The molecule has 1 aliphatic carbocycles. The van der Waals surface area contributed by atoms with Gasteiger partial charge in [0.2, 0.25) is 0 Å². The third-order valence-electron chi connectivity index (χ3n) is 8.85. The summed E-state index contributed by atoms with van der Waals surface area (Å²) >= 11 is 0. The summed E-state index contributed by atoms with van der Waals surface area (Å²) in [6.45, 7) is -0.0240. The number of hydrogen-bond acceptors (Lipinski definition) is 5. The number of benzene rings is 5. The highest BCUT2D eigenvalue weighted by Gasteiger charge is 2.60. The third kappa shape index (κ3) is 3.63. The Labute approximate surface area is 238 Å². The number of rotatable bonds is 5. The third-order valence-corrected chi connectivity index (χ3v) is 8.85. The SMILES string of the molecule is COC(=O)[C@@H]1[C@@H]([C@@H](O)c2cccc3ccccc23)C(=O)CN1C1(c2ccccc2)c2ccccc2-c2ccccc21. The highest BCUT2D eigenvalue weighted by atomic mass is 16.5. The molecule has 1 N–H and O–H groups in total. The van der Waals surface area contributed by atoms with Gasteiger partial charge in [-0.1, -0.05) is 121 Å². The Morgan fingerprint density at radius 2 is 1.39 bits per heavy atom. The van der Waals surface area contributed by atoms with Gasteiger partial charge in [-0.15, -0.1) is 0 Å². The first-order chi connectivity index (χ1) is 20.1. The molecule has 7 rings (SSSR count). The van der Waals surface area contributed by atoms with Crippen molar-refractivity contribution in [2.75, 3.05) is 13.7 Å². The molecule has 5 aromatic carbocycles. The number of fused-ring (bicyclic) bond motifs is 4. The number of esters is 1. The number of aliphatic hydroxyl groups is 1. The van der Waals surface area contributed by atoms with Gasteiger partial charge in [0.05, 0.1) is 31.2 Å². The number of ketones is 1. The molecule has 5 aromatic rings. The highest BCUT2D eigenvalue weighted by Crippen LogP contribution is 2.57. The summed E-state index contributed by atoms with van der Waals surface area (Å²) < 4.78 is 5.39. The first-order valence-electron chi connectivity index (χ1n) is 13.8. The number of carbonyl (C=O) groups is 2. The molecule has 0 spiro atoms. The van der Waals surface area contributed by atoms with Crippen LogP contribution in [0.3, 0.4) is 0 Å². The molecule has 1 aliphatic heterocycles. The van der Waals surface area contributed by atoms with E-state index in [1.807, 2.05) is 102 Å². The smallest absolute Gasteiger partial charge is 0.324 e. The van der Waals surface area contributed by atoms with Crippen LogP contribution in [0.2, 0.25) is 0 Å². The molecule has 3 atom stereocenters. The zero-order chi connectivity index (χ0) is 28.1. The lowest BCUT2D eigenvalue weighted by Crippen LogP contribution is -2.54. The Bertz CT molecular complexity index is 1750. The van der Waals surface area contributed by atoms with E-state index >= 15 is 0 Å². The van der Waals surface area contributed by atoms with Gasteiger partial charge in [0.25, 0.3) is 0 Å². The minimum absolute atomic E-state index is 0.0240. The van der Waals surface area contributed by atoms with Crippen molar-refractivity contribution < 1.29 is 19.4 Å². The second-order valence-corrected chi connectivity index (χ2v) is 10.8. The number of Topliss-reactive ketones (excluding diaryl/α,β-unsaturated/α-hetero) is 1. The van der Waals surface area contributed by atoms with Gasteiger partial charge in [-0.2, -0.15) is 0 Å². The molecular formula is C36H29NO4. The maximum atomic E-state index is 14.1. The number of carbonyl (C=O) groups excluding carboxylic acids is 2. The second kappa shape index (κ2) is 9.81. The summed E-state index contributed by atoms with van der Waals surface area (Å²) in [6, 6.07) is 38.8. The molecule has 2 aliphatic rings. The number of hydrogen-bond donors (Lipinski definition) is 1. The molecule has 0 amide bonds. The summed E-state index contributed by atoms with van der Waals surface area (Å²) in [5, 5.41) is 13.8. The van der Waals surface area contributed by atoms with Crippen molar-refractivity contribution in [3.05, 3.63) is 144 Å². The lowest BCUT2D eigenvalue weighted by Gasteiger charge is -2.44. The zero-order valence-corrected chi connectivity index (χ0v) is 22.6. The van der Waals surface area contributed by atoms with Gasteiger partial charge in [-0.25, -0.2) is 0 Å². The van der Waals surface area contributed by atoms with Crippen LogP contribution in [0.4, 0.5) is 0 Å². The van der Waals surface area contributed by atoms with E-state index < -0.39 is 29.6 Å². The van der Waals surface area contributed by atoms with Crippen molar-refractivity contribution in [2.24, 2.45) is 5.92 Å². The standard InChI is InChI=1S/C36H29NO4/c1-41-35(40)33-32(34(39)28-19-11-13-23-12-5-6-16-25(23)28)31(38)22-37(33)36(24-14-3-2-4-15-24)29-20-9-7-17-26(29)27-18-8-10-21-30(27)36/h2-21,32-34,39H,22H2,1H3/t32-,33-,34-/m0/s1. The Kier molecular flexibility index (Phi) is 6.07. The fourth-order valence-electron chi connectivity index (χ4n) is 7.19. The molecule has 5 nitrogen and oxygen atoms in total. The fraction of sp³-hybridized carbons (Fsp3) is 0.167. The maximum Gasteiger partial charge on any atom is 0.324 e. The topological polar surface area (TPSA) is 66.8 Å². The average Bonchev–Trinajstić information content (AvgIpc) is 3.53. The van der Waals surface area contributed by atoms with Crippen LogP contribution in [0.15, 0.2) is 121 Å². The minimum atomic E-state index is -1.21. The van der Waals surface area contributed by atoms with E-state index in [0.717, 1.165) is 38.6 Å². The van der Waals surface area contributed by atoms with Crippen molar-refractivity contribution in [3.8, 4) is 11.1 Å². The molecule has 0 radical (unpaired) electrons. The van der Waals surface area contributed by atoms with Crippen molar-refractivity contribution in [2.45, 2.75) is 17.7 Å². The van der Waals surface area contributed by atoms with Crippen LogP contribution in [0.25, 0.3) is 21.9 Å². The van der Waals surface area contributed by atoms with Gasteiger partial charge in [-0.3, -0.25) is 14.5 Å². The van der Waals surface area contributed by atoms with Crippen LogP contribution in [0.5, 0.6) is 0 Å². The molecule has 5 heteroatoms. The van der Waals surface area contributed by atoms with E-state index in [0.29, 0.717) is 5.56 Å². The second-order valence-electron chi connectivity index (χ2n) is 10.8. The first kappa shape index (κ1) is 25.4. The van der Waals surface area contributed by atoms with Crippen molar-refractivity contribution in [1.29, 1.82) is 0 Å². The average molecular weight is 540 g/mol. The van der Waals surface area contributed by atoms with Crippen LogP contribution in [-0.4, -0.2) is 41.5 Å². The fourth-order valence-corrected chi connectivity index (χ4v) is 7.19. The van der Waals surface area contributed by atoms with Crippen LogP contribution < -0.4 is 0 Å². The van der Waals surface area contributed by atoms with Crippen molar-refractivity contribution in [3.63, 3.8) is 0 Å². The molecule has 0 aromatic heterocycles. The summed E-state index contributed by atoms with van der Waals surface area (Å²) in [7, 11) is 1.34. The number of likely N-dealkylation sites (tertiary alicyclic amines) is 1. The largest absolute Gasteiger partial charge is 0.468 e. The minimum Gasteiger partial charge on any atom is -0.468 e. The van der Waals surface area contributed by atoms with E-state index in [2.05, 4.69) is 24.3 Å². The zero-order valence-electron chi connectivity index (χ0n) is 22.6. The van der Waals surface area contributed by atoms with Gasteiger partial charge in [0.1, 0.15) is 6.04 Å². The van der Waals surface area contributed by atoms with Crippen molar-refractivity contribution in [1.82, 2.24) is 4.90 Å². The number of nitrogens with zero attached hydrogens (tertiary/aromatic N) is 1. The summed E-state index contributed by atoms with van der Waals surface area (Å²) in [4.78, 5) is 29.9. The van der Waals surface area contributed by atoms with Gasteiger partial charge >= 0.3 is 5.97 Å². The van der Waals surface area contributed by atoms with E-state index in [1.54, 1.807) is 0 Å². The number of ether oxygens (including phenoxy) is 1. The highest BCUT2D eigenvalue weighted by molar-refractivity contribution is 5.96. The summed E-state index contributed by atoms with van der Waals surface area (Å²) in [5.41, 5.74) is 4.72. The van der Waals surface area contributed by atoms with Crippen LogP contribution in [0, 0.1) is 5.92 Å². The Morgan fingerprint density at radius 1 is 0.805 bits per heavy atom. The monoisotopic (exact) mass is 539 g/mol. The van der Waals surface area contributed by atoms with E-state index in [1.165, 1.54) is 7.11 Å². The van der Waals surface area contributed by atoms with Crippen LogP contribution in [0.1, 0.15) is 28.4 Å². The molecule has 1 fully saturated rings. The first-order valence-corrected chi connectivity index (χ1v) is 13.8. The predicted octanol–water partition coefficient (Wildman–Crippen LogP) is 5.89. The molecule has 1 heterocycles. The predicted molar refractivity (Wildman–Crippen MR) is 158 cm³/mol. The Hall–Kier alpha value is -4.58. The normalized spacial score (nSPS) is 20.0. The summed E-state index contributed by atoms with van der Waals surface area (Å²) in [6.07, 6.45) is -1.21. The van der Waals surface area contributed by atoms with Gasteiger partial charge in [-0.05, 0) is 44.2 Å². The van der Waals surface area contributed by atoms with Crippen LogP contribution >= 0.6 is 0 Å². The molecule has 41 heavy (non-hydrogen) atoms. The molecule has 0 saturated carbocycles. The molecule has 0 bridgehead atoms. The maximum absolute atomic E-state index is 14.1. The quantitative estimate of drug-likeness (QED) is 0.282. The van der Waals surface area contributed by atoms with Gasteiger partial charge in [0, 0.05) is 0 Å². The Balaban J connectivity index is 1.47. The number of methoxy groups -OCH3 is 1. The molecule has 202 valence electrons.